The SMILES string of the molecule is O=C(Nc1cnccc1C(F)(F)F)c1ccccc1. The number of nitrogens with zero attached hydrogens (tertiary/aromatic N) is 1. The van der Waals surface area contributed by atoms with Gasteiger partial charge in [-0.1, -0.05) is 18.2 Å². The van der Waals surface area contributed by atoms with E-state index in [1.807, 2.05) is 0 Å². The molecule has 3 nitrogen and oxygen atoms in total. The molecule has 0 fully saturated rings. The molecule has 0 spiro atoms. The summed E-state index contributed by atoms with van der Waals surface area (Å²) in [7, 11) is 0. The number of halogens is 3. The van der Waals surface area contributed by atoms with E-state index < -0.39 is 17.6 Å². The van der Waals surface area contributed by atoms with E-state index in [-0.39, 0.29) is 11.3 Å². The number of aromatic nitrogens is 1. The Morgan fingerprint density at radius 3 is 2.42 bits per heavy atom. The zero-order valence-corrected chi connectivity index (χ0v) is 9.61. The second-order valence-electron chi connectivity index (χ2n) is 3.74. The highest BCUT2D eigenvalue weighted by molar-refractivity contribution is 6.04. The van der Waals surface area contributed by atoms with Gasteiger partial charge in [0.25, 0.3) is 5.91 Å². The van der Waals surface area contributed by atoms with Crippen molar-refractivity contribution in [2.24, 2.45) is 0 Å². The topological polar surface area (TPSA) is 42.0 Å². The number of hydrogen-bond acceptors (Lipinski definition) is 2. The molecule has 2 rings (SSSR count). The number of alkyl halides is 3. The second kappa shape index (κ2) is 5.09. The molecule has 0 aliphatic carbocycles. The van der Waals surface area contributed by atoms with Crippen molar-refractivity contribution in [2.75, 3.05) is 5.32 Å². The van der Waals surface area contributed by atoms with Crippen LogP contribution in [0.3, 0.4) is 0 Å². The minimum Gasteiger partial charge on any atom is -0.320 e. The fourth-order valence-electron chi connectivity index (χ4n) is 1.53. The lowest BCUT2D eigenvalue weighted by molar-refractivity contribution is -0.137. The van der Waals surface area contributed by atoms with Crippen LogP contribution in [0.4, 0.5) is 18.9 Å². The van der Waals surface area contributed by atoms with Gasteiger partial charge in [0, 0.05) is 11.8 Å². The zero-order chi connectivity index (χ0) is 13.9. The quantitative estimate of drug-likeness (QED) is 0.905. The van der Waals surface area contributed by atoms with Gasteiger partial charge >= 0.3 is 6.18 Å². The van der Waals surface area contributed by atoms with Crippen molar-refractivity contribution in [3.63, 3.8) is 0 Å². The van der Waals surface area contributed by atoms with Crippen LogP contribution in [0.25, 0.3) is 0 Å². The van der Waals surface area contributed by atoms with E-state index in [2.05, 4.69) is 10.3 Å². The number of pyridine rings is 1. The number of amides is 1. The third-order valence-corrected chi connectivity index (χ3v) is 2.41. The van der Waals surface area contributed by atoms with E-state index >= 15 is 0 Å². The van der Waals surface area contributed by atoms with Gasteiger partial charge in [-0.3, -0.25) is 9.78 Å². The van der Waals surface area contributed by atoms with Crippen LogP contribution in [-0.4, -0.2) is 10.9 Å². The summed E-state index contributed by atoms with van der Waals surface area (Å²) >= 11 is 0. The molecule has 1 N–H and O–H groups in total. The molecule has 0 aliphatic rings. The van der Waals surface area contributed by atoms with E-state index in [0.29, 0.717) is 0 Å². The molecule has 1 aromatic carbocycles. The Balaban J connectivity index is 2.28. The van der Waals surface area contributed by atoms with Crippen molar-refractivity contribution >= 4 is 11.6 Å². The average molecular weight is 266 g/mol. The fourth-order valence-corrected chi connectivity index (χ4v) is 1.53. The van der Waals surface area contributed by atoms with E-state index in [4.69, 9.17) is 0 Å². The number of anilines is 1. The first kappa shape index (κ1) is 13.1. The molecular weight excluding hydrogens is 257 g/mol. The zero-order valence-electron chi connectivity index (χ0n) is 9.61. The number of rotatable bonds is 2. The highest BCUT2D eigenvalue weighted by Gasteiger charge is 2.33. The Kier molecular flexibility index (Phi) is 3.50. The third kappa shape index (κ3) is 3.09. The van der Waals surface area contributed by atoms with Gasteiger partial charge in [-0.2, -0.15) is 13.2 Å². The number of carbonyl (C=O) groups is 1. The van der Waals surface area contributed by atoms with Gasteiger partial charge in [0.1, 0.15) is 0 Å². The maximum Gasteiger partial charge on any atom is 0.418 e. The molecule has 0 radical (unpaired) electrons. The van der Waals surface area contributed by atoms with Crippen LogP contribution in [-0.2, 0) is 6.18 Å². The summed E-state index contributed by atoms with van der Waals surface area (Å²) in [5.74, 6) is -0.612. The summed E-state index contributed by atoms with van der Waals surface area (Å²) in [6.07, 6.45) is -2.53. The normalized spacial score (nSPS) is 11.1. The Morgan fingerprint density at radius 1 is 1.11 bits per heavy atom. The summed E-state index contributed by atoms with van der Waals surface area (Å²) < 4.78 is 38.2. The summed E-state index contributed by atoms with van der Waals surface area (Å²) in [5, 5.41) is 2.21. The molecule has 0 atom stereocenters. The lowest BCUT2D eigenvalue weighted by atomic mass is 10.2. The maximum atomic E-state index is 12.7. The van der Waals surface area contributed by atoms with Crippen molar-refractivity contribution < 1.29 is 18.0 Å². The maximum absolute atomic E-state index is 12.7. The van der Waals surface area contributed by atoms with Crippen LogP contribution >= 0.6 is 0 Å². The highest BCUT2D eigenvalue weighted by atomic mass is 19.4. The van der Waals surface area contributed by atoms with Gasteiger partial charge in [0.05, 0.1) is 17.4 Å². The summed E-state index contributed by atoms with van der Waals surface area (Å²) in [4.78, 5) is 15.4. The molecule has 0 unspecified atom stereocenters. The molecule has 2 aromatic rings. The number of benzene rings is 1. The summed E-state index contributed by atoms with van der Waals surface area (Å²) in [6, 6.07) is 8.81. The van der Waals surface area contributed by atoms with Crippen LogP contribution in [0.2, 0.25) is 0 Å². The van der Waals surface area contributed by atoms with E-state index in [9.17, 15) is 18.0 Å². The van der Waals surface area contributed by atoms with Gasteiger partial charge in [-0.15, -0.1) is 0 Å². The van der Waals surface area contributed by atoms with Gasteiger partial charge in [0.2, 0.25) is 0 Å². The first-order valence-corrected chi connectivity index (χ1v) is 5.36. The monoisotopic (exact) mass is 266 g/mol. The second-order valence-corrected chi connectivity index (χ2v) is 3.74. The molecular formula is C13H9F3N2O. The Bertz CT molecular complexity index is 582. The van der Waals surface area contributed by atoms with Gasteiger partial charge in [-0.05, 0) is 18.2 Å². The molecule has 0 bridgehead atoms. The molecule has 1 heterocycles. The third-order valence-electron chi connectivity index (χ3n) is 2.41. The van der Waals surface area contributed by atoms with Crippen molar-refractivity contribution in [2.45, 2.75) is 6.18 Å². The molecule has 1 amide bonds. The Hall–Kier alpha value is -2.37. The predicted molar refractivity (Wildman–Crippen MR) is 63.6 cm³/mol. The lowest BCUT2D eigenvalue weighted by Gasteiger charge is -2.12. The molecule has 19 heavy (non-hydrogen) atoms. The molecule has 0 saturated carbocycles. The van der Waals surface area contributed by atoms with Crippen LogP contribution in [0, 0.1) is 0 Å². The summed E-state index contributed by atoms with van der Waals surface area (Å²) in [6.45, 7) is 0. The number of carbonyl (C=O) groups excluding carboxylic acids is 1. The summed E-state index contributed by atoms with van der Waals surface area (Å²) in [5.41, 5.74) is -1.00. The molecule has 98 valence electrons. The van der Waals surface area contributed by atoms with Gasteiger partial charge in [-0.25, -0.2) is 0 Å². The minimum absolute atomic E-state index is 0.277. The van der Waals surface area contributed by atoms with Crippen LogP contribution in [0.15, 0.2) is 48.8 Å². The molecule has 0 saturated heterocycles. The van der Waals surface area contributed by atoms with Gasteiger partial charge in [0.15, 0.2) is 0 Å². The fraction of sp³-hybridized carbons (Fsp3) is 0.0769. The Labute approximate surface area is 107 Å². The first-order chi connectivity index (χ1) is 8.98. The first-order valence-electron chi connectivity index (χ1n) is 5.36. The van der Waals surface area contributed by atoms with Crippen LogP contribution in [0.5, 0.6) is 0 Å². The van der Waals surface area contributed by atoms with E-state index in [0.717, 1.165) is 18.5 Å². The molecule has 6 heteroatoms. The molecule has 0 aliphatic heterocycles. The Morgan fingerprint density at radius 2 is 1.79 bits per heavy atom. The van der Waals surface area contributed by atoms with Crippen LogP contribution < -0.4 is 5.32 Å². The smallest absolute Gasteiger partial charge is 0.320 e. The van der Waals surface area contributed by atoms with Crippen molar-refractivity contribution in [1.29, 1.82) is 0 Å². The van der Waals surface area contributed by atoms with Crippen molar-refractivity contribution in [1.82, 2.24) is 4.98 Å². The lowest BCUT2D eigenvalue weighted by Crippen LogP contribution is -2.16. The average Bonchev–Trinajstić information content (AvgIpc) is 2.39. The van der Waals surface area contributed by atoms with Crippen molar-refractivity contribution in [3.05, 3.63) is 59.9 Å². The predicted octanol–water partition coefficient (Wildman–Crippen LogP) is 3.35. The van der Waals surface area contributed by atoms with E-state index in [1.165, 1.54) is 12.1 Å². The molecule has 1 aromatic heterocycles. The van der Waals surface area contributed by atoms with Crippen molar-refractivity contribution in [3.8, 4) is 0 Å². The largest absolute Gasteiger partial charge is 0.418 e. The highest BCUT2D eigenvalue weighted by Crippen LogP contribution is 2.34. The van der Waals surface area contributed by atoms with E-state index in [1.54, 1.807) is 18.2 Å². The van der Waals surface area contributed by atoms with Gasteiger partial charge < -0.3 is 5.32 Å². The minimum atomic E-state index is -4.54. The number of hydrogen-bond donors (Lipinski definition) is 1. The number of nitrogens with one attached hydrogen (secondary N) is 1. The van der Waals surface area contributed by atoms with Crippen LogP contribution in [0.1, 0.15) is 15.9 Å². The standard InChI is InChI=1S/C13H9F3N2O/c14-13(15,16)10-6-7-17-8-11(10)18-12(19)9-4-2-1-3-5-9/h1-8H,(H,18,19).